The van der Waals surface area contributed by atoms with Crippen LogP contribution in [0.5, 0.6) is 0 Å². The predicted molar refractivity (Wildman–Crippen MR) is 84.8 cm³/mol. The maximum Gasteiger partial charge on any atom is 0.410 e. The van der Waals surface area contributed by atoms with Gasteiger partial charge in [-0.3, -0.25) is 4.79 Å². The maximum atomic E-state index is 12.2. The summed E-state index contributed by atoms with van der Waals surface area (Å²) in [7, 11) is 0. The molecule has 0 spiro atoms. The Morgan fingerprint density at radius 2 is 2.09 bits per heavy atom. The van der Waals surface area contributed by atoms with Crippen LogP contribution in [0.25, 0.3) is 0 Å². The fourth-order valence-corrected chi connectivity index (χ4v) is 3.95. The summed E-state index contributed by atoms with van der Waals surface area (Å²) in [5.41, 5.74) is 0.343. The molecule has 1 aromatic carbocycles. The Balaban J connectivity index is 1.55. The molecule has 5 nitrogen and oxygen atoms in total. The number of carbonyl (C=O) groups is 2. The van der Waals surface area contributed by atoms with Crippen molar-refractivity contribution in [1.29, 1.82) is 0 Å². The van der Waals surface area contributed by atoms with Gasteiger partial charge in [-0.05, 0) is 30.2 Å². The lowest BCUT2D eigenvalue weighted by Crippen LogP contribution is -2.33. The van der Waals surface area contributed by atoms with Crippen LogP contribution in [-0.4, -0.2) is 35.2 Å². The van der Waals surface area contributed by atoms with Gasteiger partial charge in [-0.1, -0.05) is 43.7 Å². The number of carboxylic acid groups (broad SMARTS) is 1. The van der Waals surface area contributed by atoms with Gasteiger partial charge in [0.25, 0.3) is 0 Å². The van der Waals surface area contributed by atoms with Crippen LogP contribution in [0.4, 0.5) is 4.79 Å². The van der Waals surface area contributed by atoms with Crippen molar-refractivity contribution < 1.29 is 19.4 Å². The van der Waals surface area contributed by atoms with Crippen LogP contribution < -0.4 is 0 Å². The second kappa shape index (κ2) is 6.22. The van der Waals surface area contributed by atoms with E-state index in [1.807, 2.05) is 37.3 Å². The van der Waals surface area contributed by atoms with Gasteiger partial charge in [-0.2, -0.15) is 0 Å². The fraction of sp³-hybridized carbons (Fsp3) is 0.556. The Bertz CT molecular complexity index is 588. The third-order valence-corrected chi connectivity index (χ3v) is 5.42. The zero-order valence-corrected chi connectivity index (χ0v) is 13.4. The molecule has 0 bridgehead atoms. The lowest BCUT2D eigenvalue weighted by atomic mass is 9.85. The number of amides is 1. The third-order valence-electron chi connectivity index (χ3n) is 5.42. The molecule has 2 aliphatic rings. The number of benzene rings is 1. The monoisotopic (exact) mass is 317 g/mol. The van der Waals surface area contributed by atoms with Crippen LogP contribution in [0.15, 0.2) is 30.3 Å². The van der Waals surface area contributed by atoms with Crippen LogP contribution in [0.3, 0.4) is 0 Å². The van der Waals surface area contributed by atoms with Crippen molar-refractivity contribution in [2.24, 2.45) is 17.3 Å². The molecule has 3 unspecified atom stereocenters. The van der Waals surface area contributed by atoms with Gasteiger partial charge in [0, 0.05) is 13.1 Å². The predicted octanol–water partition coefficient (Wildman–Crippen LogP) is 3.15. The van der Waals surface area contributed by atoms with Crippen LogP contribution in [0.2, 0.25) is 0 Å². The van der Waals surface area contributed by atoms with Gasteiger partial charge in [-0.15, -0.1) is 0 Å². The van der Waals surface area contributed by atoms with Crippen molar-refractivity contribution in [3.05, 3.63) is 35.9 Å². The number of aliphatic carboxylic acids is 1. The number of carbonyl (C=O) groups excluding carboxylic acids is 1. The maximum absolute atomic E-state index is 12.2. The van der Waals surface area contributed by atoms with E-state index in [2.05, 4.69) is 0 Å². The molecule has 3 atom stereocenters. The zero-order chi connectivity index (χ0) is 16.4. The summed E-state index contributed by atoms with van der Waals surface area (Å²) in [5, 5.41) is 9.61. The van der Waals surface area contributed by atoms with Gasteiger partial charge < -0.3 is 14.7 Å². The second-order valence-corrected chi connectivity index (χ2v) is 6.63. The lowest BCUT2D eigenvalue weighted by molar-refractivity contribution is -0.146. The number of carboxylic acids is 1. The lowest BCUT2D eigenvalue weighted by Gasteiger charge is -2.21. The van der Waals surface area contributed by atoms with Crippen LogP contribution in [-0.2, 0) is 16.1 Å². The molecule has 3 rings (SSSR count). The van der Waals surface area contributed by atoms with E-state index >= 15 is 0 Å². The van der Waals surface area contributed by atoms with E-state index < -0.39 is 11.4 Å². The number of ether oxygens (including phenoxy) is 1. The Labute approximate surface area is 136 Å². The molecule has 1 aliphatic heterocycles. The molecular formula is C18H23NO4. The van der Waals surface area contributed by atoms with Gasteiger partial charge in [0.1, 0.15) is 6.61 Å². The number of hydrogen-bond donors (Lipinski definition) is 1. The minimum Gasteiger partial charge on any atom is -0.481 e. The number of hydrogen-bond acceptors (Lipinski definition) is 3. The Hall–Kier alpha value is -2.04. The average molecular weight is 317 g/mol. The molecule has 1 heterocycles. The molecular weight excluding hydrogens is 294 g/mol. The molecule has 1 aromatic rings. The molecule has 1 saturated carbocycles. The highest BCUT2D eigenvalue weighted by Gasteiger charge is 2.64. The summed E-state index contributed by atoms with van der Waals surface area (Å²) < 4.78 is 5.35. The van der Waals surface area contributed by atoms with Gasteiger partial charge >= 0.3 is 12.1 Å². The van der Waals surface area contributed by atoms with Crippen molar-refractivity contribution in [1.82, 2.24) is 4.90 Å². The largest absolute Gasteiger partial charge is 0.481 e. The van der Waals surface area contributed by atoms with Crippen LogP contribution in [0.1, 0.15) is 31.7 Å². The Kier molecular flexibility index (Phi) is 4.28. The van der Waals surface area contributed by atoms with Gasteiger partial charge in [0.05, 0.1) is 5.41 Å². The summed E-state index contributed by atoms with van der Waals surface area (Å²) in [5.74, 6) is -0.395. The molecule has 1 amide bonds. The van der Waals surface area contributed by atoms with E-state index in [4.69, 9.17) is 4.74 Å². The van der Waals surface area contributed by atoms with Gasteiger partial charge in [0.2, 0.25) is 0 Å². The van der Waals surface area contributed by atoms with E-state index in [9.17, 15) is 14.7 Å². The molecule has 124 valence electrons. The number of rotatable bonds is 5. The number of nitrogens with zero attached hydrogens (tertiary/aromatic N) is 1. The highest BCUT2D eigenvalue weighted by atomic mass is 16.6. The molecule has 5 heteroatoms. The Morgan fingerprint density at radius 1 is 1.35 bits per heavy atom. The molecule has 1 N–H and O–H groups in total. The van der Waals surface area contributed by atoms with Crippen molar-refractivity contribution >= 4 is 12.1 Å². The van der Waals surface area contributed by atoms with Gasteiger partial charge in [0.15, 0.2) is 0 Å². The topological polar surface area (TPSA) is 66.8 Å². The molecule has 2 fully saturated rings. The van der Waals surface area contributed by atoms with Crippen molar-refractivity contribution in [3.8, 4) is 0 Å². The smallest absolute Gasteiger partial charge is 0.410 e. The third kappa shape index (κ3) is 2.92. The van der Waals surface area contributed by atoms with Gasteiger partial charge in [-0.25, -0.2) is 4.79 Å². The fourth-order valence-electron chi connectivity index (χ4n) is 3.95. The first-order valence-corrected chi connectivity index (χ1v) is 8.27. The van der Waals surface area contributed by atoms with E-state index in [0.717, 1.165) is 24.8 Å². The molecule has 1 aliphatic carbocycles. The molecule has 0 aromatic heterocycles. The van der Waals surface area contributed by atoms with Crippen molar-refractivity contribution in [3.63, 3.8) is 0 Å². The summed E-state index contributed by atoms with van der Waals surface area (Å²) in [6.45, 7) is 3.37. The normalized spacial score (nSPS) is 29.3. The first kappa shape index (κ1) is 15.8. The van der Waals surface area contributed by atoms with E-state index in [0.29, 0.717) is 13.1 Å². The first-order valence-electron chi connectivity index (χ1n) is 8.27. The van der Waals surface area contributed by atoms with Crippen molar-refractivity contribution in [2.75, 3.05) is 13.1 Å². The number of likely N-dealkylation sites (tertiary alicyclic amines) is 1. The molecule has 23 heavy (non-hydrogen) atoms. The SMILES string of the molecule is CCC1CC1(C(=O)O)C1CCN(C(=O)OCc2ccccc2)C1. The highest BCUT2D eigenvalue weighted by molar-refractivity contribution is 5.79. The van der Waals surface area contributed by atoms with E-state index in [1.54, 1.807) is 4.90 Å². The summed E-state index contributed by atoms with van der Waals surface area (Å²) in [6, 6.07) is 9.56. The van der Waals surface area contributed by atoms with Crippen LogP contribution in [0, 0.1) is 17.3 Å². The van der Waals surface area contributed by atoms with Crippen molar-refractivity contribution in [2.45, 2.75) is 32.8 Å². The summed E-state index contributed by atoms with van der Waals surface area (Å²) >= 11 is 0. The molecule has 0 radical (unpaired) electrons. The minimum absolute atomic E-state index is 0.0502. The summed E-state index contributed by atoms with van der Waals surface area (Å²) in [6.07, 6.45) is 2.05. The Morgan fingerprint density at radius 3 is 2.70 bits per heavy atom. The van der Waals surface area contributed by atoms with Crippen LogP contribution >= 0.6 is 0 Å². The molecule has 1 saturated heterocycles. The summed E-state index contributed by atoms with van der Waals surface area (Å²) in [4.78, 5) is 25.5. The highest BCUT2D eigenvalue weighted by Crippen LogP contribution is 2.61. The van der Waals surface area contributed by atoms with E-state index in [1.165, 1.54) is 0 Å². The quantitative estimate of drug-likeness (QED) is 0.906. The van der Waals surface area contributed by atoms with E-state index in [-0.39, 0.29) is 24.5 Å². The second-order valence-electron chi connectivity index (χ2n) is 6.63. The minimum atomic E-state index is -0.700. The standard InChI is InChI=1S/C18H23NO4/c1-2-14-10-18(14,16(20)21)15-8-9-19(11-15)17(22)23-12-13-6-4-3-5-7-13/h3-7,14-15H,2,8-12H2,1H3,(H,20,21). The zero-order valence-electron chi connectivity index (χ0n) is 13.4. The average Bonchev–Trinajstić information content (AvgIpc) is 3.12. The first-order chi connectivity index (χ1) is 11.1.